The minimum Gasteiger partial charge on any atom is -0.496 e. The van der Waals surface area contributed by atoms with Crippen molar-refractivity contribution in [2.45, 2.75) is 32.2 Å². The average molecular weight is 262 g/mol. The number of hydrogen-bond acceptors (Lipinski definition) is 3. The third-order valence-electron chi connectivity index (χ3n) is 4.16. The molecule has 1 fully saturated rings. The Bertz CT molecular complexity index is 400. The van der Waals surface area contributed by atoms with Crippen molar-refractivity contribution in [3.63, 3.8) is 0 Å². The fourth-order valence-corrected chi connectivity index (χ4v) is 3.11. The largest absolute Gasteiger partial charge is 0.496 e. The Labute approximate surface area is 116 Å². The predicted octanol–water partition coefficient (Wildman–Crippen LogP) is 2.52. The van der Waals surface area contributed by atoms with Crippen molar-refractivity contribution < 1.29 is 4.74 Å². The van der Waals surface area contributed by atoms with Crippen molar-refractivity contribution in [1.29, 1.82) is 0 Å². The summed E-state index contributed by atoms with van der Waals surface area (Å²) in [7, 11) is 3.81. The molecule has 19 heavy (non-hydrogen) atoms. The topological polar surface area (TPSA) is 33.3 Å². The van der Waals surface area contributed by atoms with Crippen LogP contribution in [0.5, 0.6) is 5.75 Å². The number of ether oxygens (including phenoxy) is 1. The summed E-state index contributed by atoms with van der Waals surface area (Å²) in [5.41, 5.74) is 2.68. The van der Waals surface area contributed by atoms with Gasteiger partial charge < -0.3 is 15.4 Å². The van der Waals surface area contributed by atoms with E-state index in [4.69, 9.17) is 4.74 Å². The van der Waals surface area contributed by atoms with Crippen LogP contribution < -0.4 is 15.4 Å². The molecule has 3 heteroatoms. The van der Waals surface area contributed by atoms with Crippen molar-refractivity contribution in [3.8, 4) is 5.75 Å². The third-order valence-corrected chi connectivity index (χ3v) is 4.16. The molecule has 0 aliphatic carbocycles. The summed E-state index contributed by atoms with van der Waals surface area (Å²) in [5.74, 6) is 1.68. The predicted molar refractivity (Wildman–Crippen MR) is 79.8 cm³/mol. The van der Waals surface area contributed by atoms with E-state index < -0.39 is 0 Å². The zero-order valence-electron chi connectivity index (χ0n) is 12.3. The Morgan fingerprint density at radius 2 is 2.32 bits per heavy atom. The standard InChI is InChI=1S/C16H26N2O/c1-4-12-10-13(7-8-15(12)19-3)16(17-2)14-6-5-9-18-11-14/h7-8,10,14,16-18H,4-6,9,11H2,1-3H3. The van der Waals surface area contributed by atoms with Crippen molar-refractivity contribution in [2.24, 2.45) is 5.92 Å². The average Bonchev–Trinajstić information content (AvgIpc) is 2.49. The summed E-state index contributed by atoms with van der Waals surface area (Å²) in [6.45, 7) is 4.45. The maximum atomic E-state index is 5.42. The van der Waals surface area contributed by atoms with E-state index in [-0.39, 0.29) is 0 Å². The molecule has 2 N–H and O–H groups in total. The first-order valence-corrected chi connectivity index (χ1v) is 7.35. The normalized spacial score (nSPS) is 21.1. The smallest absolute Gasteiger partial charge is 0.122 e. The summed E-state index contributed by atoms with van der Waals surface area (Å²) in [5, 5.41) is 7.00. The first-order valence-electron chi connectivity index (χ1n) is 7.35. The molecule has 3 nitrogen and oxygen atoms in total. The van der Waals surface area contributed by atoms with Crippen molar-refractivity contribution >= 4 is 0 Å². The minimum atomic E-state index is 0.434. The molecule has 0 bridgehead atoms. The SMILES string of the molecule is CCc1cc(C(NC)C2CCCNC2)ccc1OC. The van der Waals surface area contributed by atoms with E-state index in [2.05, 4.69) is 42.8 Å². The lowest BCUT2D eigenvalue weighted by molar-refractivity contribution is 0.298. The number of methoxy groups -OCH3 is 1. The molecule has 0 radical (unpaired) electrons. The second-order valence-corrected chi connectivity index (χ2v) is 5.30. The Morgan fingerprint density at radius 3 is 2.89 bits per heavy atom. The summed E-state index contributed by atoms with van der Waals surface area (Å²) < 4.78 is 5.42. The lowest BCUT2D eigenvalue weighted by atomic mass is 9.86. The van der Waals surface area contributed by atoms with Crippen LogP contribution in [-0.4, -0.2) is 27.2 Å². The maximum absolute atomic E-state index is 5.42. The quantitative estimate of drug-likeness (QED) is 0.855. The number of benzene rings is 1. The van der Waals surface area contributed by atoms with Gasteiger partial charge in [0, 0.05) is 6.04 Å². The van der Waals surface area contributed by atoms with Crippen LogP contribution in [0.15, 0.2) is 18.2 Å². The first-order chi connectivity index (χ1) is 9.30. The van der Waals surface area contributed by atoms with Crippen LogP contribution in [0.2, 0.25) is 0 Å². The zero-order chi connectivity index (χ0) is 13.7. The number of piperidine rings is 1. The number of aryl methyl sites for hydroxylation is 1. The van der Waals surface area contributed by atoms with Crippen LogP contribution >= 0.6 is 0 Å². The summed E-state index contributed by atoms with van der Waals surface area (Å²) in [4.78, 5) is 0. The molecule has 1 heterocycles. The molecule has 0 saturated carbocycles. The minimum absolute atomic E-state index is 0.434. The van der Waals surface area contributed by atoms with Crippen LogP contribution in [0.25, 0.3) is 0 Å². The van der Waals surface area contributed by atoms with Crippen LogP contribution in [0.1, 0.15) is 36.9 Å². The molecule has 2 unspecified atom stereocenters. The second-order valence-electron chi connectivity index (χ2n) is 5.30. The van der Waals surface area contributed by atoms with Gasteiger partial charge in [-0.05, 0) is 62.5 Å². The monoisotopic (exact) mass is 262 g/mol. The molecule has 0 aromatic heterocycles. The molecule has 0 amide bonds. The maximum Gasteiger partial charge on any atom is 0.122 e. The molecular weight excluding hydrogens is 236 g/mol. The fourth-order valence-electron chi connectivity index (χ4n) is 3.11. The van der Waals surface area contributed by atoms with Gasteiger partial charge in [-0.1, -0.05) is 19.1 Å². The van der Waals surface area contributed by atoms with Crippen LogP contribution in [-0.2, 0) is 6.42 Å². The molecule has 0 spiro atoms. The molecule has 1 aromatic carbocycles. The van der Waals surface area contributed by atoms with Gasteiger partial charge >= 0.3 is 0 Å². The van der Waals surface area contributed by atoms with E-state index in [9.17, 15) is 0 Å². The summed E-state index contributed by atoms with van der Waals surface area (Å²) in [6, 6.07) is 7.04. The van der Waals surface area contributed by atoms with Crippen LogP contribution in [0.4, 0.5) is 0 Å². The van der Waals surface area contributed by atoms with Gasteiger partial charge in [0.2, 0.25) is 0 Å². The molecule has 1 aliphatic rings. The highest BCUT2D eigenvalue weighted by atomic mass is 16.5. The van der Waals surface area contributed by atoms with Crippen LogP contribution in [0, 0.1) is 5.92 Å². The van der Waals surface area contributed by atoms with E-state index in [1.165, 1.54) is 24.0 Å². The highest BCUT2D eigenvalue weighted by Crippen LogP contribution is 2.30. The molecular formula is C16H26N2O. The van der Waals surface area contributed by atoms with Crippen molar-refractivity contribution in [2.75, 3.05) is 27.2 Å². The van der Waals surface area contributed by atoms with Crippen molar-refractivity contribution in [3.05, 3.63) is 29.3 Å². The van der Waals surface area contributed by atoms with Gasteiger partial charge in [-0.25, -0.2) is 0 Å². The van der Waals surface area contributed by atoms with Gasteiger partial charge in [0.25, 0.3) is 0 Å². The fraction of sp³-hybridized carbons (Fsp3) is 0.625. The molecule has 1 saturated heterocycles. The molecule has 106 valence electrons. The van der Waals surface area contributed by atoms with Crippen LogP contribution in [0.3, 0.4) is 0 Å². The summed E-state index contributed by atoms with van der Waals surface area (Å²) >= 11 is 0. The van der Waals surface area contributed by atoms with E-state index in [1.54, 1.807) is 7.11 Å². The van der Waals surface area contributed by atoms with Gasteiger partial charge in [-0.3, -0.25) is 0 Å². The van der Waals surface area contributed by atoms with Crippen molar-refractivity contribution in [1.82, 2.24) is 10.6 Å². The van der Waals surface area contributed by atoms with E-state index in [0.29, 0.717) is 12.0 Å². The highest BCUT2D eigenvalue weighted by Gasteiger charge is 2.24. The van der Waals surface area contributed by atoms with E-state index in [1.807, 2.05) is 0 Å². The second kappa shape index (κ2) is 6.92. The Balaban J connectivity index is 2.22. The Kier molecular flexibility index (Phi) is 5.23. The van der Waals surface area contributed by atoms with E-state index >= 15 is 0 Å². The third kappa shape index (κ3) is 3.28. The molecule has 1 aliphatic heterocycles. The first kappa shape index (κ1) is 14.4. The Hall–Kier alpha value is -1.06. The lowest BCUT2D eigenvalue weighted by Gasteiger charge is -2.31. The lowest BCUT2D eigenvalue weighted by Crippen LogP contribution is -2.37. The van der Waals surface area contributed by atoms with Gasteiger partial charge in [-0.2, -0.15) is 0 Å². The number of hydrogen-bond donors (Lipinski definition) is 2. The number of rotatable bonds is 5. The van der Waals surface area contributed by atoms with E-state index in [0.717, 1.165) is 25.3 Å². The number of nitrogens with one attached hydrogen (secondary N) is 2. The Morgan fingerprint density at radius 1 is 1.47 bits per heavy atom. The summed E-state index contributed by atoms with van der Waals surface area (Å²) in [6.07, 6.45) is 3.59. The molecule has 1 aromatic rings. The van der Waals surface area contributed by atoms with Gasteiger partial charge in [0.05, 0.1) is 7.11 Å². The highest BCUT2D eigenvalue weighted by molar-refractivity contribution is 5.38. The van der Waals surface area contributed by atoms with Gasteiger partial charge in [0.1, 0.15) is 5.75 Å². The van der Waals surface area contributed by atoms with Gasteiger partial charge in [-0.15, -0.1) is 0 Å². The molecule has 2 atom stereocenters. The molecule has 2 rings (SSSR count). The zero-order valence-corrected chi connectivity index (χ0v) is 12.3. The van der Waals surface area contributed by atoms with Gasteiger partial charge in [0.15, 0.2) is 0 Å².